The first-order valence-electron chi connectivity index (χ1n) is 7.93. The second-order valence-electron chi connectivity index (χ2n) is 7.46. The molecular formula is C17H22N2O3S2. The van der Waals surface area contributed by atoms with E-state index in [1.54, 1.807) is 0 Å². The van der Waals surface area contributed by atoms with Crippen LogP contribution < -0.4 is 4.90 Å². The third-order valence-electron chi connectivity index (χ3n) is 4.22. The van der Waals surface area contributed by atoms with Gasteiger partial charge in [0.15, 0.2) is 15.0 Å². The fourth-order valence-electron chi connectivity index (χ4n) is 2.83. The van der Waals surface area contributed by atoms with Gasteiger partial charge in [0.05, 0.1) is 17.5 Å². The van der Waals surface area contributed by atoms with Crippen molar-refractivity contribution >= 4 is 38.4 Å². The molecule has 7 heteroatoms. The number of carbonyl (C=O) groups excluding carboxylic acids is 1. The maximum atomic E-state index is 12.4. The number of hydrogen-bond acceptors (Lipinski definition) is 4. The Balaban J connectivity index is 2.01. The smallest absolute Gasteiger partial charge is 0.253 e. The molecule has 2 saturated heterocycles. The zero-order valence-corrected chi connectivity index (χ0v) is 15.9. The van der Waals surface area contributed by atoms with Gasteiger partial charge in [-0.3, -0.25) is 4.79 Å². The molecule has 0 aromatic heterocycles. The zero-order valence-electron chi connectivity index (χ0n) is 14.3. The number of amidine groups is 1. The molecule has 0 unspecified atom stereocenters. The molecule has 1 amide bonds. The van der Waals surface area contributed by atoms with Crippen LogP contribution in [-0.4, -0.2) is 42.3 Å². The number of anilines is 1. The summed E-state index contributed by atoms with van der Waals surface area (Å²) < 4.78 is 24.0. The summed E-state index contributed by atoms with van der Waals surface area (Å²) in [6.45, 7) is 7.50. The molecule has 2 atom stereocenters. The molecule has 0 aliphatic carbocycles. The van der Waals surface area contributed by atoms with Crippen LogP contribution in [0.4, 0.5) is 5.69 Å². The number of amides is 1. The van der Waals surface area contributed by atoms with Crippen molar-refractivity contribution in [1.82, 2.24) is 0 Å². The lowest BCUT2D eigenvalue weighted by Gasteiger charge is -2.25. The molecule has 2 fully saturated rings. The molecule has 0 saturated carbocycles. The van der Waals surface area contributed by atoms with Crippen molar-refractivity contribution in [1.29, 1.82) is 0 Å². The molecule has 2 aliphatic rings. The normalized spacial score (nSPS) is 27.5. The van der Waals surface area contributed by atoms with Crippen LogP contribution in [0.15, 0.2) is 29.3 Å². The number of carbonyl (C=O) groups is 1. The number of hydrogen-bond donors (Lipinski definition) is 0. The number of benzene rings is 1. The second kappa shape index (κ2) is 5.88. The lowest BCUT2D eigenvalue weighted by Crippen LogP contribution is -2.38. The maximum absolute atomic E-state index is 12.4. The van der Waals surface area contributed by atoms with Gasteiger partial charge in [0.25, 0.3) is 5.91 Å². The first-order chi connectivity index (χ1) is 11.1. The van der Waals surface area contributed by atoms with Crippen molar-refractivity contribution in [3.05, 3.63) is 29.8 Å². The van der Waals surface area contributed by atoms with Gasteiger partial charge in [0.1, 0.15) is 0 Å². The van der Waals surface area contributed by atoms with Crippen LogP contribution in [0.1, 0.15) is 26.3 Å². The van der Waals surface area contributed by atoms with Gasteiger partial charge >= 0.3 is 0 Å². The van der Waals surface area contributed by atoms with Crippen molar-refractivity contribution in [2.45, 2.75) is 39.0 Å². The van der Waals surface area contributed by atoms with Gasteiger partial charge in [-0.15, -0.1) is 0 Å². The van der Waals surface area contributed by atoms with E-state index >= 15 is 0 Å². The van der Waals surface area contributed by atoms with E-state index in [-0.39, 0.29) is 28.7 Å². The van der Waals surface area contributed by atoms with E-state index in [4.69, 9.17) is 0 Å². The number of nitrogens with zero attached hydrogens (tertiary/aromatic N) is 2. The summed E-state index contributed by atoms with van der Waals surface area (Å²) in [5.41, 5.74) is 1.46. The van der Waals surface area contributed by atoms with E-state index in [0.29, 0.717) is 5.17 Å². The third-order valence-corrected chi connectivity index (χ3v) is 7.43. The predicted octanol–water partition coefficient (Wildman–Crippen LogP) is 2.64. The molecule has 5 nitrogen and oxygen atoms in total. The summed E-state index contributed by atoms with van der Waals surface area (Å²) >= 11 is 1.41. The van der Waals surface area contributed by atoms with Gasteiger partial charge in [0.2, 0.25) is 0 Å². The van der Waals surface area contributed by atoms with Crippen molar-refractivity contribution in [2.75, 3.05) is 16.4 Å². The number of aryl methyl sites for hydroxylation is 1. The molecular weight excluding hydrogens is 344 g/mol. The molecule has 3 rings (SSSR count). The highest BCUT2D eigenvalue weighted by molar-refractivity contribution is 8.16. The molecule has 1 aromatic carbocycles. The van der Waals surface area contributed by atoms with E-state index in [0.717, 1.165) is 11.3 Å². The molecule has 2 heterocycles. The van der Waals surface area contributed by atoms with Crippen molar-refractivity contribution < 1.29 is 13.2 Å². The fourth-order valence-corrected chi connectivity index (χ4v) is 6.74. The Morgan fingerprint density at radius 1 is 1.21 bits per heavy atom. The fraction of sp³-hybridized carbons (Fsp3) is 0.529. The molecule has 24 heavy (non-hydrogen) atoms. The van der Waals surface area contributed by atoms with E-state index in [1.165, 1.54) is 11.8 Å². The quantitative estimate of drug-likeness (QED) is 0.764. The van der Waals surface area contributed by atoms with Gasteiger partial charge in [-0.05, 0) is 19.1 Å². The largest absolute Gasteiger partial charge is 0.316 e. The van der Waals surface area contributed by atoms with Crippen molar-refractivity contribution in [3.63, 3.8) is 0 Å². The standard InChI is InChI=1S/C17H22N2O3S2/c1-11-5-7-12(8-6-11)19-13-9-24(21,22)10-14(13)23-16(19)18-15(20)17(2,3)4/h5-8,13-14H,9-10H2,1-4H3/t13-,14-/m1/s1. The van der Waals surface area contributed by atoms with Gasteiger partial charge < -0.3 is 4.90 Å². The minimum absolute atomic E-state index is 0.0668. The van der Waals surface area contributed by atoms with E-state index in [2.05, 4.69) is 4.99 Å². The first kappa shape index (κ1) is 17.5. The van der Waals surface area contributed by atoms with Crippen molar-refractivity contribution in [2.24, 2.45) is 10.4 Å². The predicted molar refractivity (Wildman–Crippen MR) is 99.4 cm³/mol. The molecule has 1 aromatic rings. The van der Waals surface area contributed by atoms with Gasteiger partial charge in [-0.2, -0.15) is 4.99 Å². The molecule has 0 spiro atoms. The number of thioether (sulfide) groups is 1. The highest BCUT2D eigenvalue weighted by Gasteiger charge is 2.49. The molecule has 0 radical (unpaired) electrons. The number of aliphatic imine (C=N–C) groups is 1. The monoisotopic (exact) mass is 366 g/mol. The molecule has 2 aliphatic heterocycles. The molecule has 0 bridgehead atoms. The highest BCUT2D eigenvalue weighted by Crippen LogP contribution is 2.41. The molecule has 130 valence electrons. The number of rotatable bonds is 1. The Kier molecular flexibility index (Phi) is 4.28. The zero-order chi connectivity index (χ0) is 17.7. The number of sulfone groups is 1. The topological polar surface area (TPSA) is 66.8 Å². The van der Waals surface area contributed by atoms with Crippen LogP contribution in [0.5, 0.6) is 0 Å². The Labute approximate surface area is 147 Å². The van der Waals surface area contributed by atoms with E-state index < -0.39 is 15.3 Å². The average Bonchev–Trinajstić information content (AvgIpc) is 2.90. The Bertz CT molecular complexity index is 792. The van der Waals surface area contributed by atoms with Gasteiger partial charge in [-0.25, -0.2) is 8.42 Å². The van der Waals surface area contributed by atoms with Crippen LogP contribution in [0.2, 0.25) is 0 Å². The SMILES string of the molecule is Cc1ccc(N2C(=NC(=O)C(C)(C)C)S[C@@H]3CS(=O)(=O)C[C@H]32)cc1. The lowest BCUT2D eigenvalue weighted by molar-refractivity contribution is -0.124. The van der Waals surface area contributed by atoms with Crippen LogP contribution >= 0.6 is 11.8 Å². The Hall–Kier alpha value is -1.34. The average molecular weight is 367 g/mol. The maximum Gasteiger partial charge on any atom is 0.253 e. The Morgan fingerprint density at radius 3 is 2.42 bits per heavy atom. The Morgan fingerprint density at radius 2 is 1.83 bits per heavy atom. The summed E-state index contributed by atoms with van der Waals surface area (Å²) in [6.07, 6.45) is 0. The minimum atomic E-state index is -3.04. The van der Waals surface area contributed by atoms with Crippen LogP contribution in [0, 0.1) is 12.3 Å². The van der Waals surface area contributed by atoms with Gasteiger partial charge in [-0.1, -0.05) is 50.2 Å². The minimum Gasteiger partial charge on any atom is -0.316 e. The number of fused-ring (bicyclic) bond motifs is 1. The lowest BCUT2D eigenvalue weighted by atomic mass is 9.96. The summed E-state index contributed by atoms with van der Waals surface area (Å²) in [7, 11) is -3.04. The highest BCUT2D eigenvalue weighted by atomic mass is 32.2. The first-order valence-corrected chi connectivity index (χ1v) is 10.6. The van der Waals surface area contributed by atoms with Crippen LogP contribution in [0.25, 0.3) is 0 Å². The summed E-state index contributed by atoms with van der Waals surface area (Å²) in [4.78, 5) is 18.6. The summed E-state index contributed by atoms with van der Waals surface area (Å²) in [5.74, 6) is 0.0688. The molecule has 0 N–H and O–H groups in total. The van der Waals surface area contributed by atoms with E-state index in [1.807, 2.05) is 56.9 Å². The second-order valence-corrected chi connectivity index (χ2v) is 10.8. The van der Waals surface area contributed by atoms with E-state index in [9.17, 15) is 13.2 Å². The third kappa shape index (κ3) is 3.37. The van der Waals surface area contributed by atoms with Crippen LogP contribution in [-0.2, 0) is 14.6 Å². The van der Waals surface area contributed by atoms with Gasteiger partial charge in [0, 0.05) is 16.4 Å². The van der Waals surface area contributed by atoms with Crippen molar-refractivity contribution in [3.8, 4) is 0 Å². The summed E-state index contributed by atoms with van der Waals surface area (Å²) in [5, 5.41) is 0.548. The summed E-state index contributed by atoms with van der Waals surface area (Å²) in [6, 6.07) is 7.73. The van der Waals surface area contributed by atoms with Crippen LogP contribution in [0.3, 0.4) is 0 Å².